The van der Waals surface area contributed by atoms with Gasteiger partial charge in [0.05, 0.1) is 27.7 Å². The van der Waals surface area contributed by atoms with Crippen molar-refractivity contribution in [2.45, 2.75) is 0 Å². The summed E-state index contributed by atoms with van der Waals surface area (Å²) in [4.78, 5) is 12.7. The molecule has 3 aromatic rings. The largest absolute Gasteiger partial charge is 0.480 e. The number of hydrogen-bond acceptors (Lipinski definition) is 6. The maximum Gasteiger partial charge on any atom is 0.236 e. The third kappa shape index (κ3) is 2.21. The molecule has 0 aliphatic carbocycles. The van der Waals surface area contributed by atoms with Crippen molar-refractivity contribution in [2.75, 3.05) is 12.8 Å². The number of nitrogens with zero attached hydrogens (tertiary/aromatic N) is 3. The quantitative estimate of drug-likeness (QED) is 0.694. The molecule has 20 heavy (non-hydrogen) atoms. The van der Waals surface area contributed by atoms with Gasteiger partial charge in [0.25, 0.3) is 0 Å². The first-order valence-electron chi connectivity index (χ1n) is 5.50. The molecule has 0 aliphatic heterocycles. The number of anilines is 1. The first kappa shape index (κ1) is 13.5. The van der Waals surface area contributed by atoms with Gasteiger partial charge in [-0.25, -0.2) is 15.0 Å². The Labute approximate surface area is 131 Å². The molecular weight excluding hydrogens is 364 g/mol. The lowest BCUT2D eigenvalue weighted by Crippen LogP contribution is -1.97. The smallest absolute Gasteiger partial charge is 0.236 e. The number of hydrogen-bond donors (Lipinski definition) is 1. The molecule has 0 radical (unpaired) electrons. The summed E-state index contributed by atoms with van der Waals surface area (Å²) >= 11 is 11.0. The molecular formula is C12H8BrClN4OS. The highest BCUT2D eigenvalue weighted by Gasteiger charge is 2.14. The summed E-state index contributed by atoms with van der Waals surface area (Å²) in [5.74, 6) is 0.387. The molecule has 3 heterocycles. The first-order chi connectivity index (χ1) is 9.60. The molecule has 0 saturated carbocycles. The summed E-state index contributed by atoms with van der Waals surface area (Å²) in [6.07, 6.45) is 1.65. The fraction of sp³-hybridized carbons (Fsp3) is 0.0833. The van der Waals surface area contributed by atoms with Crippen LogP contribution in [0.4, 0.5) is 5.69 Å². The van der Waals surface area contributed by atoms with Crippen molar-refractivity contribution in [3.05, 3.63) is 27.4 Å². The number of ether oxygens (including phenoxy) is 1. The van der Waals surface area contributed by atoms with Gasteiger partial charge < -0.3 is 10.5 Å². The Morgan fingerprint density at radius 1 is 1.40 bits per heavy atom. The Morgan fingerprint density at radius 3 is 2.90 bits per heavy atom. The van der Waals surface area contributed by atoms with Gasteiger partial charge in [-0.15, -0.1) is 11.3 Å². The number of pyridine rings is 1. The van der Waals surface area contributed by atoms with Gasteiger partial charge in [0.15, 0.2) is 0 Å². The molecule has 0 fully saturated rings. The molecule has 3 rings (SSSR count). The molecule has 0 atom stereocenters. The fourth-order valence-corrected chi connectivity index (χ4v) is 3.57. The Balaban J connectivity index is 2.26. The van der Waals surface area contributed by atoms with Crippen LogP contribution in [0.3, 0.4) is 0 Å². The van der Waals surface area contributed by atoms with Crippen LogP contribution in [0.15, 0.2) is 22.1 Å². The third-order valence-electron chi connectivity index (χ3n) is 2.69. The van der Waals surface area contributed by atoms with Gasteiger partial charge in [0, 0.05) is 17.1 Å². The summed E-state index contributed by atoms with van der Waals surface area (Å²) in [7, 11) is 1.52. The van der Waals surface area contributed by atoms with E-state index >= 15 is 0 Å². The van der Waals surface area contributed by atoms with Gasteiger partial charge in [0.2, 0.25) is 11.2 Å². The molecule has 5 nitrogen and oxygen atoms in total. The number of halogens is 2. The minimum absolute atomic E-state index is 0.181. The van der Waals surface area contributed by atoms with Gasteiger partial charge in [-0.1, -0.05) is 0 Å². The molecule has 0 saturated heterocycles. The normalized spacial score (nSPS) is 10.9. The zero-order valence-corrected chi connectivity index (χ0v) is 13.4. The van der Waals surface area contributed by atoms with Crippen LogP contribution in [-0.4, -0.2) is 22.1 Å². The van der Waals surface area contributed by atoms with Gasteiger partial charge >= 0.3 is 0 Å². The maximum atomic E-state index is 5.99. The fourth-order valence-electron chi connectivity index (χ4n) is 1.83. The van der Waals surface area contributed by atoms with Crippen LogP contribution in [0.25, 0.3) is 21.5 Å². The predicted molar refractivity (Wildman–Crippen MR) is 84.3 cm³/mol. The van der Waals surface area contributed by atoms with Crippen molar-refractivity contribution in [1.82, 2.24) is 15.0 Å². The third-order valence-corrected chi connectivity index (χ3v) is 4.74. The topological polar surface area (TPSA) is 73.9 Å². The number of methoxy groups -OCH3 is 1. The molecule has 102 valence electrons. The van der Waals surface area contributed by atoms with E-state index in [1.165, 1.54) is 18.4 Å². The van der Waals surface area contributed by atoms with Crippen LogP contribution >= 0.6 is 38.9 Å². The number of fused-ring (bicyclic) bond motifs is 1. The van der Waals surface area contributed by atoms with Gasteiger partial charge in [-0.05, 0) is 33.6 Å². The van der Waals surface area contributed by atoms with Crippen LogP contribution in [0.2, 0.25) is 5.28 Å². The minimum atomic E-state index is 0.181. The summed E-state index contributed by atoms with van der Waals surface area (Å²) in [5, 5.41) is 2.13. The van der Waals surface area contributed by atoms with Crippen molar-refractivity contribution >= 4 is 54.8 Å². The second kappa shape index (κ2) is 5.16. The molecule has 0 aromatic carbocycles. The van der Waals surface area contributed by atoms with E-state index in [0.29, 0.717) is 17.3 Å². The van der Waals surface area contributed by atoms with E-state index in [0.717, 1.165) is 20.3 Å². The molecule has 0 amide bonds. The second-order valence-corrected chi connectivity index (χ2v) is 6.00. The lowest BCUT2D eigenvalue weighted by Gasteiger charge is -2.07. The Hall–Kier alpha value is -1.44. The van der Waals surface area contributed by atoms with Crippen molar-refractivity contribution in [2.24, 2.45) is 0 Å². The molecule has 0 unspecified atom stereocenters. The number of thiophene rings is 1. The zero-order valence-electron chi connectivity index (χ0n) is 10.2. The van der Waals surface area contributed by atoms with Crippen LogP contribution in [0.1, 0.15) is 0 Å². The number of rotatable bonds is 2. The van der Waals surface area contributed by atoms with E-state index in [9.17, 15) is 0 Å². The van der Waals surface area contributed by atoms with Crippen molar-refractivity contribution in [3.63, 3.8) is 0 Å². The minimum Gasteiger partial charge on any atom is -0.480 e. The van der Waals surface area contributed by atoms with E-state index in [1.54, 1.807) is 12.3 Å². The van der Waals surface area contributed by atoms with Gasteiger partial charge in [-0.2, -0.15) is 0 Å². The Bertz CT molecular complexity index is 807. The highest BCUT2D eigenvalue weighted by Crippen LogP contribution is 2.37. The standard InChI is InChI=1S/C12H8BrClN4OS/c1-19-11-7(15)2-5(3-16-11)8-10-9(6(13)4-20-10)18-12(14)17-8/h2-4H,15H2,1H3. The summed E-state index contributed by atoms with van der Waals surface area (Å²) in [6, 6.07) is 1.76. The molecule has 0 spiro atoms. The van der Waals surface area contributed by atoms with E-state index in [2.05, 4.69) is 30.9 Å². The van der Waals surface area contributed by atoms with Crippen molar-refractivity contribution in [1.29, 1.82) is 0 Å². The van der Waals surface area contributed by atoms with Crippen molar-refractivity contribution in [3.8, 4) is 17.1 Å². The SMILES string of the molecule is COc1ncc(-c2nc(Cl)nc3c(Br)csc23)cc1N. The number of nitrogens with two attached hydrogens (primary N) is 1. The number of nitrogen functional groups attached to an aromatic ring is 1. The molecule has 0 aliphatic rings. The summed E-state index contributed by atoms with van der Waals surface area (Å²) < 4.78 is 6.86. The molecule has 8 heteroatoms. The van der Waals surface area contributed by atoms with Crippen LogP contribution in [0, 0.1) is 0 Å². The van der Waals surface area contributed by atoms with E-state index in [4.69, 9.17) is 22.1 Å². The first-order valence-corrected chi connectivity index (χ1v) is 7.55. The summed E-state index contributed by atoms with van der Waals surface area (Å²) in [5.41, 5.74) is 8.59. The average Bonchev–Trinajstić information content (AvgIpc) is 2.79. The van der Waals surface area contributed by atoms with Crippen LogP contribution in [0.5, 0.6) is 5.88 Å². The van der Waals surface area contributed by atoms with Crippen LogP contribution < -0.4 is 10.5 Å². The highest BCUT2D eigenvalue weighted by molar-refractivity contribution is 9.10. The van der Waals surface area contributed by atoms with Gasteiger partial charge in [-0.3, -0.25) is 0 Å². The molecule has 2 N–H and O–H groups in total. The number of aromatic nitrogens is 3. The van der Waals surface area contributed by atoms with Gasteiger partial charge in [0.1, 0.15) is 5.52 Å². The lowest BCUT2D eigenvalue weighted by molar-refractivity contribution is 0.400. The second-order valence-electron chi connectivity index (χ2n) is 3.93. The van der Waals surface area contributed by atoms with E-state index in [1.807, 2.05) is 5.38 Å². The maximum absolute atomic E-state index is 5.99. The van der Waals surface area contributed by atoms with Crippen LogP contribution in [-0.2, 0) is 0 Å². The highest BCUT2D eigenvalue weighted by atomic mass is 79.9. The Kier molecular flexibility index (Phi) is 3.49. The molecule has 0 bridgehead atoms. The lowest BCUT2D eigenvalue weighted by atomic mass is 10.2. The summed E-state index contributed by atoms with van der Waals surface area (Å²) in [6.45, 7) is 0. The average molecular weight is 372 g/mol. The van der Waals surface area contributed by atoms with Crippen molar-refractivity contribution < 1.29 is 4.74 Å². The molecule has 3 aromatic heterocycles. The predicted octanol–water partition coefficient (Wildman–Crippen LogP) is 3.76. The van der Waals surface area contributed by atoms with E-state index in [-0.39, 0.29) is 5.28 Å². The monoisotopic (exact) mass is 370 g/mol. The zero-order chi connectivity index (χ0) is 14.3. The Morgan fingerprint density at radius 2 is 2.20 bits per heavy atom. The van der Waals surface area contributed by atoms with E-state index < -0.39 is 0 Å².